The van der Waals surface area contributed by atoms with Crippen LogP contribution < -0.4 is 10.5 Å². The van der Waals surface area contributed by atoms with Gasteiger partial charge < -0.3 is 10.5 Å². The maximum absolute atomic E-state index is 6.16. The van der Waals surface area contributed by atoms with E-state index < -0.39 is 0 Å². The average molecular weight is 310 g/mol. The molecule has 3 unspecified atom stereocenters. The van der Waals surface area contributed by atoms with E-state index in [1.165, 1.54) is 24.8 Å². The second kappa shape index (κ2) is 7.51. The molecule has 2 nitrogen and oxygen atoms in total. The summed E-state index contributed by atoms with van der Waals surface area (Å²) >= 11 is 6.16. The minimum Gasteiger partial charge on any atom is -0.496 e. The fourth-order valence-electron chi connectivity index (χ4n) is 3.72. The molecule has 3 heteroatoms. The molecule has 0 spiro atoms. The number of nitrogens with two attached hydrogens (primary N) is 1. The molecule has 0 radical (unpaired) electrons. The molecule has 0 amide bonds. The first-order valence-electron chi connectivity index (χ1n) is 8.07. The van der Waals surface area contributed by atoms with Crippen molar-refractivity contribution in [3.63, 3.8) is 0 Å². The first-order valence-corrected chi connectivity index (χ1v) is 8.45. The largest absolute Gasteiger partial charge is 0.496 e. The fourth-order valence-corrected chi connectivity index (χ4v) is 3.91. The molecule has 21 heavy (non-hydrogen) atoms. The van der Waals surface area contributed by atoms with Crippen LogP contribution >= 0.6 is 11.6 Å². The van der Waals surface area contributed by atoms with Gasteiger partial charge in [-0.3, -0.25) is 0 Å². The molecule has 1 aliphatic carbocycles. The lowest BCUT2D eigenvalue weighted by molar-refractivity contribution is 0.150. The molecule has 0 heterocycles. The van der Waals surface area contributed by atoms with Crippen LogP contribution in [-0.2, 0) is 6.42 Å². The van der Waals surface area contributed by atoms with Crippen molar-refractivity contribution in [3.05, 3.63) is 28.8 Å². The molecule has 0 aliphatic heterocycles. The standard InChI is InChI=1S/C18H28ClNO/c1-12(2)13-4-5-14(11-20)15(8-13)9-16-10-17(19)6-7-18(16)21-3/h6-7,10,12-15H,4-5,8-9,11,20H2,1-3H3. The summed E-state index contributed by atoms with van der Waals surface area (Å²) in [4.78, 5) is 0. The van der Waals surface area contributed by atoms with Gasteiger partial charge in [0.1, 0.15) is 5.75 Å². The summed E-state index contributed by atoms with van der Waals surface area (Å²) in [6, 6.07) is 5.91. The lowest BCUT2D eigenvalue weighted by Gasteiger charge is -2.37. The van der Waals surface area contributed by atoms with E-state index >= 15 is 0 Å². The van der Waals surface area contributed by atoms with Gasteiger partial charge in [0.05, 0.1) is 7.11 Å². The summed E-state index contributed by atoms with van der Waals surface area (Å²) in [5.74, 6) is 3.80. The Kier molecular flexibility index (Phi) is 5.95. The summed E-state index contributed by atoms with van der Waals surface area (Å²) in [6.07, 6.45) is 4.87. The number of rotatable bonds is 5. The fraction of sp³-hybridized carbons (Fsp3) is 0.667. The van der Waals surface area contributed by atoms with Crippen molar-refractivity contribution >= 4 is 11.6 Å². The number of benzene rings is 1. The lowest BCUT2D eigenvalue weighted by Crippen LogP contribution is -2.33. The number of ether oxygens (including phenoxy) is 1. The van der Waals surface area contributed by atoms with Crippen LogP contribution in [0.3, 0.4) is 0 Å². The Bertz CT molecular complexity index is 461. The van der Waals surface area contributed by atoms with Gasteiger partial charge >= 0.3 is 0 Å². The summed E-state index contributed by atoms with van der Waals surface area (Å²) in [5, 5.41) is 0.784. The molecular weight excluding hydrogens is 282 g/mol. The predicted molar refractivity (Wildman–Crippen MR) is 89.9 cm³/mol. The first kappa shape index (κ1) is 16.6. The molecule has 0 saturated heterocycles. The van der Waals surface area contributed by atoms with Crippen LogP contribution in [0.5, 0.6) is 5.75 Å². The van der Waals surface area contributed by atoms with Crippen molar-refractivity contribution in [3.8, 4) is 5.75 Å². The van der Waals surface area contributed by atoms with Gasteiger partial charge in [-0.25, -0.2) is 0 Å². The Hall–Kier alpha value is -0.730. The van der Waals surface area contributed by atoms with E-state index in [0.717, 1.165) is 35.6 Å². The highest BCUT2D eigenvalue weighted by Gasteiger charge is 2.31. The van der Waals surface area contributed by atoms with Crippen molar-refractivity contribution in [1.82, 2.24) is 0 Å². The molecule has 3 atom stereocenters. The zero-order chi connectivity index (χ0) is 15.4. The maximum atomic E-state index is 6.16. The Balaban J connectivity index is 2.16. The summed E-state index contributed by atoms with van der Waals surface area (Å²) in [6.45, 7) is 5.47. The highest BCUT2D eigenvalue weighted by molar-refractivity contribution is 6.30. The van der Waals surface area contributed by atoms with Gasteiger partial charge in [-0.15, -0.1) is 0 Å². The minimum atomic E-state index is 0.628. The van der Waals surface area contributed by atoms with Crippen LogP contribution in [0.1, 0.15) is 38.7 Å². The second-order valence-electron chi connectivity index (χ2n) is 6.73. The van der Waals surface area contributed by atoms with Gasteiger partial charge in [0.2, 0.25) is 0 Å². The predicted octanol–water partition coefficient (Wildman–Crippen LogP) is 4.54. The summed E-state index contributed by atoms with van der Waals surface area (Å²) in [5.41, 5.74) is 7.23. The van der Waals surface area contributed by atoms with Crippen molar-refractivity contribution < 1.29 is 4.74 Å². The summed E-state index contributed by atoms with van der Waals surface area (Å²) in [7, 11) is 1.73. The van der Waals surface area contributed by atoms with Crippen molar-refractivity contribution in [2.75, 3.05) is 13.7 Å². The Morgan fingerprint density at radius 3 is 2.67 bits per heavy atom. The topological polar surface area (TPSA) is 35.2 Å². The van der Waals surface area contributed by atoms with E-state index in [4.69, 9.17) is 22.1 Å². The molecule has 1 aliphatic rings. The van der Waals surface area contributed by atoms with E-state index in [1.807, 2.05) is 18.2 Å². The van der Waals surface area contributed by atoms with Crippen LogP contribution in [0.15, 0.2) is 18.2 Å². The van der Waals surface area contributed by atoms with Crippen LogP contribution in [-0.4, -0.2) is 13.7 Å². The number of halogens is 1. The quantitative estimate of drug-likeness (QED) is 0.866. The zero-order valence-electron chi connectivity index (χ0n) is 13.4. The smallest absolute Gasteiger partial charge is 0.122 e. The van der Waals surface area contributed by atoms with E-state index in [0.29, 0.717) is 11.8 Å². The molecule has 2 rings (SSSR count). The molecule has 1 aromatic rings. The van der Waals surface area contributed by atoms with Gasteiger partial charge in [-0.05, 0) is 79.7 Å². The molecule has 118 valence electrons. The van der Waals surface area contributed by atoms with Crippen LogP contribution in [0, 0.1) is 23.7 Å². The highest BCUT2D eigenvalue weighted by atomic mass is 35.5. The second-order valence-corrected chi connectivity index (χ2v) is 7.17. The Morgan fingerprint density at radius 2 is 2.05 bits per heavy atom. The maximum Gasteiger partial charge on any atom is 0.122 e. The van der Waals surface area contributed by atoms with Gasteiger partial charge in [-0.2, -0.15) is 0 Å². The number of hydrogen-bond acceptors (Lipinski definition) is 2. The molecule has 0 bridgehead atoms. The van der Waals surface area contributed by atoms with Crippen molar-refractivity contribution in [2.45, 2.75) is 39.5 Å². The van der Waals surface area contributed by atoms with Crippen molar-refractivity contribution in [1.29, 1.82) is 0 Å². The molecular formula is C18H28ClNO. The van der Waals surface area contributed by atoms with Gasteiger partial charge in [0.15, 0.2) is 0 Å². The Labute approximate surface area is 134 Å². The molecule has 1 saturated carbocycles. The highest BCUT2D eigenvalue weighted by Crippen LogP contribution is 2.40. The monoisotopic (exact) mass is 309 g/mol. The third-order valence-electron chi connectivity index (χ3n) is 5.15. The van der Waals surface area contributed by atoms with Crippen LogP contribution in [0.4, 0.5) is 0 Å². The van der Waals surface area contributed by atoms with Gasteiger partial charge in [0.25, 0.3) is 0 Å². The normalized spacial score (nSPS) is 26.1. The molecule has 2 N–H and O–H groups in total. The van der Waals surface area contributed by atoms with Crippen LogP contribution in [0.25, 0.3) is 0 Å². The average Bonchev–Trinajstić information content (AvgIpc) is 2.47. The van der Waals surface area contributed by atoms with E-state index in [2.05, 4.69) is 13.8 Å². The number of hydrogen-bond donors (Lipinski definition) is 1. The van der Waals surface area contributed by atoms with E-state index in [1.54, 1.807) is 7.11 Å². The van der Waals surface area contributed by atoms with E-state index in [-0.39, 0.29) is 0 Å². The van der Waals surface area contributed by atoms with Gasteiger partial charge in [-0.1, -0.05) is 25.4 Å². The first-order chi connectivity index (χ1) is 10.0. The number of methoxy groups -OCH3 is 1. The third kappa shape index (κ3) is 4.14. The van der Waals surface area contributed by atoms with Gasteiger partial charge in [0, 0.05) is 5.02 Å². The lowest BCUT2D eigenvalue weighted by atomic mass is 9.69. The SMILES string of the molecule is COc1ccc(Cl)cc1CC1CC(C(C)C)CCC1CN. The van der Waals surface area contributed by atoms with Crippen molar-refractivity contribution in [2.24, 2.45) is 29.4 Å². The molecule has 0 aromatic heterocycles. The summed E-state index contributed by atoms with van der Waals surface area (Å²) < 4.78 is 5.50. The Morgan fingerprint density at radius 1 is 1.29 bits per heavy atom. The molecule has 1 aromatic carbocycles. The van der Waals surface area contributed by atoms with Crippen LogP contribution in [0.2, 0.25) is 5.02 Å². The minimum absolute atomic E-state index is 0.628. The van der Waals surface area contributed by atoms with E-state index in [9.17, 15) is 0 Å². The zero-order valence-corrected chi connectivity index (χ0v) is 14.2. The third-order valence-corrected chi connectivity index (χ3v) is 5.39. The molecule has 1 fully saturated rings.